The van der Waals surface area contributed by atoms with Crippen molar-refractivity contribution in [2.75, 3.05) is 20.1 Å². The maximum absolute atomic E-state index is 4.23. The van der Waals surface area contributed by atoms with Crippen LogP contribution < -0.4 is 5.32 Å². The number of imidazole rings is 1. The number of hydrogen-bond acceptors (Lipinski definition) is 3. The molecule has 1 aliphatic heterocycles. The summed E-state index contributed by atoms with van der Waals surface area (Å²) in [5.74, 6) is 1.10. The largest absolute Gasteiger partial charge is 0.349 e. The van der Waals surface area contributed by atoms with E-state index in [0.29, 0.717) is 12.1 Å². The minimum atomic E-state index is 0.706. The van der Waals surface area contributed by atoms with Gasteiger partial charge < -0.3 is 15.2 Å². The topological polar surface area (TPSA) is 44.0 Å². The summed E-state index contributed by atoms with van der Waals surface area (Å²) in [4.78, 5) is 9.82. The van der Waals surface area contributed by atoms with Crippen LogP contribution in [0.4, 0.5) is 0 Å². The quantitative estimate of drug-likeness (QED) is 0.760. The summed E-state index contributed by atoms with van der Waals surface area (Å²) in [5, 5.41) is 3.67. The van der Waals surface area contributed by atoms with E-state index in [-0.39, 0.29) is 0 Å². The fourth-order valence-electron chi connectivity index (χ4n) is 2.47. The van der Waals surface area contributed by atoms with Crippen LogP contribution in [0.15, 0.2) is 12.4 Å². The number of likely N-dealkylation sites (tertiary alicyclic amines) is 1. The number of aromatic nitrogens is 2. The lowest BCUT2D eigenvalue weighted by Gasteiger charge is -2.35. The van der Waals surface area contributed by atoms with Crippen LogP contribution in [-0.4, -0.2) is 47.1 Å². The van der Waals surface area contributed by atoms with Gasteiger partial charge >= 0.3 is 0 Å². The van der Waals surface area contributed by atoms with Crippen molar-refractivity contribution in [2.45, 2.75) is 44.7 Å². The summed E-state index contributed by atoms with van der Waals surface area (Å²) in [6, 6.07) is 1.42. The first-order valence-electron chi connectivity index (χ1n) is 6.67. The molecular formula is C13H24N4. The Morgan fingerprint density at radius 1 is 1.59 bits per heavy atom. The number of nitrogens with one attached hydrogen (secondary N) is 2. The lowest BCUT2D eigenvalue weighted by molar-refractivity contribution is 0.168. The second kappa shape index (κ2) is 6.17. The van der Waals surface area contributed by atoms with Gasteiger partial charge in [-0.15, -0.1) is 0 Å². The Morgan fingerprint density at radius 3 is 3.18 bits per heavy atom. The van der Waals surface area contributed by atoms with Gasteiger partial charge in [0.15, 0.2) is 0 Å². The molecule has 0 spiro atoms. The first-order chi connectivity index (χ1) is 8.25. The third-order valence-corrected chi connectivity index (χ3v) is 3.79. The smallest absolute Gasteiger partial charge is 0.106 e. The van der Waals surface area contributed by atoms with Crippen LogP contribution in [0.5, 0.6) is 0 Å². The van der Waals surface area contributed by atoms with Gasteiger partial charge in [0.05, 0.1) is 0 Å². The van der Waals surface area contributed by atoms with Crippen molar-refractivity contribution < 1.29 is 0 Å². The highest BCUT2D eigenvalue weighted by atomic mass is 15.1. The average molecular weight is 236 g/mol. The maximum Gasteiger partial charge on any atom is 0.106 e. The van der Waals surface area contributed by atoms with E-state index in [4.69, 9.17) is 0 Å². The van der Waals surface area contributed by atoms with Crippen molar-refractivity contribution in [3.05, 3.63) is 18.2 Å². The highest BCUT2D eigenvalue weighted by Crippen LogP contribution is 2.15. The lowest BCUT2D eigenvalue weighted by atomic mass is 9.99. The Kier molecular flexibility index (Phi) is 4.57. The van der Waals surface area contributed by atoms with E-state index in [0.717, 1.165) is 25.2 Å². The van der Waals surface area contributed by atoms with Crippen LogP contribution in [0.1, 0.15) is 32.0 Å². The normalized spacial score (nSPS) is 26.2. The molecule has 2 atom stereocenters. The number of hydrogen-bond donors (Lipinski definition) is 2. The third kappa shape index (κ3) is 3.82. The molecule has 0 saturated carbocycles. The number of piperidine rings is 1. The van der Waals surface area contributed by atoms with Gasteiger partial charge in [-0.2, -0.15) is 0 Å². The van der Waals surface area contributed by atoms with E-state index < -0.39 is 0 Å². The van der Waals surface area contributed by atoms with Crippen molar-refractivity contribution in [3.63, 3.8) is 0 Å². The molecule has 1 fully saturated rings. The summed E-state index contributed by atoms with van der Waals surface area (Å²) < 4.78 is 0. The monoisotopic (exact) mass is 236 g/mol. The molecule has 2 N–H and O–H groups in total. The Balaban J connectivity index is 1.59. The summed E-state index contributed by atoms with van der Waals surface area (Å²) in [6.45, 7) is 4.63. The summed E-state index contributed by atoms with van der Waals surface area (Å²) in [5.41, 5.74) is 0. The molecule has 0 aromatic carbocycles. The van der Waals surface area contributed by atoms with E-state index in [9.17, 15) is 0 Å². The molecule has 0 radical (unpaired) electrons. The van der Waals surface area contributed by atoms with Crippen molar-refractivity contribution in [3.8, 4) is 0 Å². The molecule has 1 aromatic rings. The number of aromatic amines is 1. The molecule has 4 nitrogen and oxygen atoms in total. The first-order valence-corrected chi connectivity index (χ1v) is 6.67. The Hall–Kier alpha value is -0.870. The molecule has 1 aromatic heterocycles. The molecule has 0 aliphatic carbocycles. The molecule has 0 bridgehead atoms. The van der Waals surface area contributed by atoms with Gasteiger partial charge in [-0.25, -0.2) is 4.98 Å². The fraction of sp³-hybridized carbons (Fsp3) is 0.769. The van der Waals surface area contributed by atoms with E-state index in [1.54, 1.807) is 0 Å². The lowest BCUT2D eigenvalue weighted by Crippen LogP contribution is -2.45. The standard InChI is InChI=1S/C13H24N4/c1-11-10-12(5-9-17(11)2)14-6-3-4-13-15-7-8-16-13/h7-8,11-12,14H,3-6,9-10H2,1-2H3,(H,15,16). The zero-order valence-electron chi connectivity index (χ0n) is 10.9. The molecular weight excluding hydrogens is 212 g/mol. The zero-order chi connectivity index (χ0) is 12.1. The number of aryl methyl sites for hydroxylation is 1. The number of rotatable bonds is 5. The SMILES string of the molecule is CC1CC(NCCCc2ncc[nH]2)CCN1C. The van der Waals surface area contributed by atoms with Gasteiger partial charge in [-0.1, -0.05) is 0 Å². The zero-order valence-corrected chi connectivity index (χ0v) is 10.9. The van der Waals surface area contributed by atoms with E-state index in [2.05, 4.69) is 34.2 Å². The number of H-pyrrole nitrogens is 1. The van der Waals surface area contributed by atoms with Gasteiger partial charge in [0, 0.05) is 30.9 Å². The minimum absolute atomic E-state index is 0.706. The van der Waals surface area contributed by atoms with Crippen molar-refractivity contribution in [1.82, 2.24) is 20.2 Å². The Bertz CT molecular complexity index is 309. The fourth-order valence-corrected chi connectivity index (χ4v) is 2.47. The molecule has 1 aliphatic rings. The molecule has 2 unspecified atom stereocenters. The van der Waals surface area contributed by atoms with Crippen molar-refractivity contribution >= 4 is 0 Å². The van der Waals surface area contributed by atoms with Gasteiger partial charge in [-0.3, -0.25) is 0 Å². The predicted octanol–water partition coefficient (Wildman–Crippen LogP) is 1.41. The molecule has 0 amide bonds. The van der Waals surface area contributed by atoms with Gasteiger partial charge in [0.2, 0.25) is 0 Å². The van der Waals surface area contributed by atoms with Gasteiger partial charge in [0.25, 0.3) is 0 Å². The second-order valence-electron chi connectivity index (χ2n) is 5.14. The van der Waals surface area contributed by atoms with Crippen molar-refractivity contribution in [2.24, 2.45) is 0 Å². The molecule has 17 heavy (non-hydrogen) atoms. The van der Waals surface area contributed by atoms with Crippen LogP contribution in [0.2, 0.25) is 0 Å². The Morgan fingerprint density at radius 2 is 2.47 bits per heavy atom. The number of nitrogens with zero attached hydrogens (tertiary/aromatic N) is 2. The molecule has 2 heterocycles. The first kappa shape index (κ1) is 12.6. The average Bonchev–Trinajstić information content (AvgIpc) is 2.82. The third-order valence-electron chi connectivity index (χ3n) is 3.79. The molecule has 4 heteroatoms. The van der Waals surface area contributed by atoms with E-state index in [1.807, 2.05) is 12.4 Å². The van der Waals surface area contributed by atoms with Crippen LogP contribution in [0.25, 0.3) is 0 Å². The summed E-state index contributed by atoms with van der Waals surface area (Å²) in [7, 11) is 2.22. The summed E-state index contributed by atoms with van der Waals surface area (Å²) >= 11 is 0. The maximum atomic E-state index is 4.23. The summed E-state index contributed by atoms with van der Waals surface area (Å²) in [6.07, 6.45) is 8.47. The van der Waals surface area contributed by atoms with Crippen LogP contribution in [-0.2, 0) is 6.42 Å². The molecule has 2 rings (SSSR count). The highest BCUT2D eigenvalue weighted by molar-refractivity contribution is 4.87. The Labute approximate surface area is 104 Å². The minimum Gasteiger partial charge on any atom is -0.349 e. The predicted molar refractivity (Wildman–Crippen MR) is 70.0 cm³/mol. The molecule has 1 saturated heterocycles. The second-order valence-corrected chi connectivity index (χ2v) is 5.14. The van der Waals surface area contributed by atoms with E-state index >= 15 is 0 Å². The van der Waals surface area contributed by atoms with E-state index in [1.165, 1.54) is 19.4 Å². The molecule has 96 valence electrons. The highest BCUT2D eigenvalue weighted by Gasteiger charge is 2.21. The van der Waals surface area contributed by atoms with Gasteiger partial charge in [-0.05, 0) is 46.3 Å². The van der Waals surface area contributed by atoms with Crippen LogP contribution >= 0.6 is 0 Å². The van der Waals surface area contributed by atoms with Crippen LogP contribution in [0.3, 0.4) is 0 Å². The van der Waals surface area contributed by atoms with Crippen LogP contribution in [0, 0.1) is 0 Å². The van der Waals surface area contributed by atoms with Gasteiger partial charge in [0.1, 0.15) is 5.82 Å². The van der Waals surface area contributed by atoms with Crippen molar-refractivity contribution in [1.29, 1.82) is 0 Å².